The van der Waals surface area contributed by atoms with Crippen molar-refractivity contribution in [3.8, 4) is 0 Å². The van der Waals surface area contributed by atoms with E-state index in [9.17, 15) is 9.90 Å². The molecule has 2 heterocycles. The zero-order valence-electron chi connectivity index (χ0n) is 9.35. The average molecular weight is 222 g/mol. The minimum Gasteiger partial charge on any atom is -0.394 e. The molecule has 2 N–H and O–H groups in total. The highest BCUT2D eigenvalue weighted by molar-refractivity contribution is 5.92. The van der Waals surface area contributed by atoms with Crippen molar-refractivity contribution in [3.05, 3.63) is 24.0 Å². The van der Waals surface area contributed by atoms with Crippen molar-refractivity contribution in [3.63, 3.8) is 0 Å². The molecular formula is C12H18N2O2. The van der Waals surface area contributed by atoms with Crippen LogP contribution in [-0.2, 0) is 0 Å². The summed E-state index contributed by atoms with van der Waals surface area (Å²) in [4.78, 5) is 16.9. The highest BCUT2D eigenvalue weighted by Crippen LogP contribution is 2.18. The third-order valence-corrected chi connectivity index (χ3v) is 3.18. The predicted molar refractivity (Wildman–Crippen MR) is 61.2 cm³/mol. The summed E-state index contributed by atoms with van der Waals surface area (Å²) in [5, 5.41) is 9.33. The van der Waals surface area contributed by atoms with Gasteiger partial charge in [-0.25, -0.2) is 0 Å². The SMILES string of the molecule is O=C(c1ccc[nH]1)N1CCCCCC1CO. The van der Waals surface area contributed by atoms with Crippen LogP contribution in [0.3, 0.4) is 0 Å². The van der Waals surface area contributed by atoms with Gasteiger partial charge < -0.3 is 15.0 Å². The minimum atomic E-state index is -0.0155. The molecular weight excluding hydrogens is 204 g/mol. The van der Waals surface area contributed by atoms with E-state index in [0.717, 1.165) is 32.2 Å². The van der Waals surface area contributed by atoms with Gasteiger partial charge in [-0.05, 0) is 25.0 Å². The Bertz CT molecular complexity index is 335. The number of aliphatic hydroxyl groups excluding tert-OH is 1. The molecule has 1 amide bonds. The Balaban J connectivity index is 2.13. The van der Waals surface area contributed by atoms with Crippen molar-refractivity contribution >= 4 is 5.91 Å². The summed E-state index contributed by atoms with van der Waals surface area (Å²) in [5.41, 5.74) is 0.611. The Labute approximate surface area is 95.3 Å². The standard InChI is InChI=1S/C12H18N2O2/c15-9-10-5-2-1-3-8-14(10)12(16)11-6-4-7-13-11/h4,6-7,10,13,15H,1-3,5,8-9H2. The monoisotopic (exact) mass is 222 g/mol. The van der Waals surface area contributed by atoms with Gasteiger partial charge in [-0.2, -0.15) is 0 Å². The molecule has 1 aliphatic heterocycles. The van der Waals surface area contributed by atoms with E-state index < -0.39 is 0 Å². The van der Waals surface area contributed by atoms with Crippen LogP contribution in [0.25, 0.3) is 0 Å². The molecule has 0 spiro atoms. The van der Waals surface area contributed by atoms with Crippen LogP contribution in [0, 0.1) is 0 Å². The summed E-state index contributed by atoms with van der Waals surface area (Å²) >= 11 is 0. The number of aromatic nitrogens is 1. The number of aliphatic hydroxyl groups is 1. The number of hydrogen-bond acceptors (Lipinski definition) is 2. The molecule has 2 rings (SSSR count). The first-order valence-corrected chi connectivity index (χ1v) is 5.88. The lowest BCUT2D eigenvalue weighted by Crippen LogP contribution is -2.42. The fraction of sp³-hybridized carbons (Fsp3) is 0.583. The molecule has 0 bridgehead atoms. The van der Waals surface area contributed by atoms with Gasteiger partial charge in [0, 0.05) is 12.7 Å². The summed E-state index contributed by atoms with van der Waals surface area (Å²) in [6.45, 7) is 0.815. The van der Waals surface area contributed by atoms with Gasteiger partial charge in [-0.3, -0.25) is 4.79 Å². The molecule has 1 aromatic heterocycles. The first-order valence-electron chi connectivity index (χ1n) is 5.88. The lowest BCUT2D eigenvalue weighted by atomic mass is 10.1. The molecule has 0 radical (unpaired) electrons. The number of likely N-dealkylation sites (tertiary alicyclic amines) is 1. The van der Waals surface area contributed by atoms with Crippen molar-refractivity contribution in [2.45, 2.75) is 31.7 Å². The topological polar surface area (TPSA) is 56.3 Å². The number of rotatable bonds is 2. The Hall–Kier alpha value is -1.29. The average Bonchev–Trinajstić information content (AvgIpc) is 2.73. The molecule has 1 aliphatic rings. The van der Waals surface area contributed by atoms with Crippen molar-refractivity contribution in [1.82, 2.24) is 9.88 Å². The number of amides is 1. The molecule has 88 valence electrons. The van der Waals surface area contributed by atoms with Crippen LogP contribution >= 0.6 is 0 Å². The molecule has 4 heteroatoms. The number of carbonyl (C=O) groups excluding carboxylic acids is 1. The second-order valence-corrected chi connectivity index (χ2v) is 4.27. The first-order chi connectivity index (χ1) is 7.83. The predicted octanol–water partition coefficient (Wildman–Crippen LogP) is 1.39. The van der Waals surface area contributed by atoms with E-state index in [4.69, 9.17) is 0 Å². The Morgan fingerprint density at radius 2 is 2.38 bits per heavy atom. The van der Waals surface area contributed by atoms with E-state index >= 15 is 0 Å². The van der Waals surface area contributed by atoms with Crippen LogP contribution < -0.4 is 0 Å². The highest BCUT2D eigenvalue weighted by atomic mass is 16.3. The molecule has 1 aromatic rings. The van der Waals surface area contributed by atoms with Crippen LogP contribution in [0.5, 0.6) is 0 Å². The lowest BCUT2D eigenvalue weighted by Gasteiger charge is -2.28. The minimum absolute atomic E-state index is 0.00551. The quantitative estimate of drug-likeness (QED) is 0.794. The van der Waals surface area contributed by atoms with Crippen molar-refractivity contribution in [2.75, 3.05) is 13.2 Å². The van der Waals surface area contributed by atoms with Gasteiger partial charge >= 0.3 is 0 Å². The molecule has 0 aliphatic carbocycles. The molecule has 1 unspecified atom stereocenters. The Morgan fingerprint density at radius 1 is 1.50 bits per heavy atom. The maximum absolute atomic E-state index is 12.2. The van der Waals surface area contributed by atoms with E-state index in [1.165, 1.54) is 0 Å². The van der Waals surface area contributed by atoms with Crippen LogP contribution in [0.1, 0.15) is 36.2 Å². The summed E-state index contributed by atoms with van der Waals surface area (Å²) in [6, 6.07) is 3.58. The number of hydrogen-bond donors (Lipinski definition) is 2. The maximum Gasteiger partial charge on any atom is 0.270 e. The first kappa shape index (κ1) is 11.2. The molecule has 1 fully saturated rings. The van der Waals surface area contributed by atoms with E-state index in [0.29, 0.717) is 5.69 Å². The largest absolute Gasteiger partial charge is 0.394 e. The van der Waals surface area contributed by atoms with Gasteiger partial charge in [0.2, 0.25) is 0 Å². The van der Waals surface area contributed by atoms with Gasteiger partial charge in [0.05, 0.1) is 12.6 Å². The van der Waals surface area contributed by atoms with Gasteiger partial charge in [-0.15, -0.1) is 0 Å². The smallest absolute Gasteiger partial charge is 0.270 e. The Morgan fingerprint density at radius 3 is 3.06 bits per heavy atom. The molecule has 16 heavy (non-hydrogen) atoms. The highest BCUT2D eigenvalue weighted by Gasteiger charge is 2.25. The fourth-order valence-corrected chi connectivity index (χ4v) is 2.25. The summed E-state index contributed by atoms with van der Waals surface area (Å²) < 4.78 is 0. The number of nitrogens with zero attached hydrogens (tertiary/aromatic N) is 1. The van der Waals surface area contributed by atoms with Crippen molar-refractivity contribution < 1.29 is 9.90 Å². The van der Waals surface area contributed by atoms with Crippen LogP contribution in [0.15, 0.2) is 18.3 Å². The van der Waals surface area contributed by atoms with Crippen molar-refractivity contribution in [1.29, 1.82) is 0 Å². The van der Waals surface area contributed by atoms with E-state index in [1.807, 2.05) is 6.07 Å². The summed E-state index contributed by atoms with van der Waals surface area (Å²) in [5.74, 6) is 0.00551. The van der Waals surface area contributed by atoms with E-state index in [-0.39, 0.29) is 18.6 Å². The van der Waals surface area contributed by atoms with E-state index in [2.05, 4.69) is 4.98 Å². The van der Waals surface area contributed by atoms with Crippen LogP contribution in [-0.4, -0.2) is 40.1 Å². The molecule has 0 aromatic carbocycles. The Kier molecular flexibility index (Phi) is 3.62. The third-order valence-electron chi connectivity index (χ3n) is 3.18. The number of nitrogens with one attached hydrogen (secondary N) is 1. The fourth-order valence-electron chi connectivity index (χ4n) is 2.25. The van der Waals surface area contributed by atoms with Crippen molar-refractivity contribution in [2.24, 2.45) is 0 Å². The maximum atomic E-state index is 12.2. The second kappa shape index (κ2) is 5.16. The van der Waals surface area contributed by atoms with Gasteiger partial charge in [0.1, 0.15) is 5.69 Å². The summed E-state index contributed by atoms with van der Waals surface area (Å²) in [7, 11) is 0. The second-order valence-electron chi connectivity index (χ2n) is 4.27. The number of aromatic amines is 1. The third kappa shape index (κ3) is 2.27. The van der Waals surface area contributed by atoms with E-state index in [1.54, 1.807) is 17.2 Å². The molecule has 4 nitrogen and oxygen atoms in total. The molecule has 1 saturated heterocycles. The normalized spacial score (nSPS) is 21.8. The van der Waals surface area contributed by atoms with Gasteiger partial charge in [0.15, 0.2) is 0 Å². The van der Waals surface area contributed by atoms with Crippen LogP contribution in [0.4, 0.5) is 0 Å². The number of H-pyrrole nitrogens is 1. The van der Waals surface area contributed by atoms with Gasteiger partial charge in [0.25, 0.3) is 5.91 Å². The van der Waals surface area contributed by atoms with Crippen LogP contribution in [0.2, 0.25) is 0 Å². The number of carbonyl (C=O) groups is 1. The zero-order valence-corrected chi connectivity index (χ0v) is 9.35. The summed E-state index contributed by atoms with van der Waals surface area (Å²) in [6.07, 6.45) is 5.93. The molecule has 0 saturated carbocycles. The zero-order chi connectivity index (χ0) is 11.4. The lowest BCUT2D eigenvalue weighted by molar-refractivity contribution is 0.0594. The molecule has 1 atom stereocenters. The van der Waals surface area contributed by atoms with Gasteiger partial charge in [-0.1, -0.05) is 12.8 Å².